The zero-order valence-electron chi connectivity index (χ0n) is 11.0. The van der Waals surface area contributed by atoms with Gasteiger partial charge in [-0.2, -0.15) is 0 Å². The third-order valence-electron chi connectivity index (χ3n) is 3.30. The van der Waals surface area contributed by atoms with Crippen LogP contribution in [0.15, 0.2) is 30.3 Å². The van der Waals surface area contributed by atoms with Gasteiger partial charge in [-0.1, -0.05) is 30.3 Å². The van der Waals surface area contributed by atoms with E-state index in [0.29, 0.717) is 32.8 Å². The Bertz CT molecular complexity index is 397. The molecule has 1 amide bonds. The van der Waals surface area contributed by atoms with E-state index >= 15 is 0 Å². The second-order valence-electron chi connectivity index (χ2n) is 4.70. The molecule has 5 nitrogen and oxygen atoms in total. The molecule has 1 aromatic carbocycles. The molecule has 2 rings (SSSR count). The van der Waals surface area contributed by atoms with Crippen molar-refractivity contribution in [1.29, 1.82) is 0 Å². The van der Waals surface area contributed by atoms with Gasteiger partial charge in [0.15, 0.2) is 0 Å². The molecule has 1 aliphatic rings. The molecule has 0 spiro atoms. The lowest BCUT2D eigenvalue weighted by Crippen LogP contribution is -2.52. The van der Waals surface area contributed by atoms with E-state index in [1.165, 1.54) is 0 Å². The number of ether oxygens (including phenoxy) is 1. The lowest BCUT2D eigenvalue weighted by Gasteiger charge is -2.34. The smallest absolute Gasteiger partial charge is 0.234 e. The molecule has 1 atom stereocenters. The fraction of sp³-hybridized carbons (Fsp3) is 0.500. The van der Waals surface area contributed by atoms with E-state index in [4.69, 9.17) is 10.5 Å². The van der Waals surface area contributed by atoms with Crippen LogP contribution in [-0.4, -0.2) is 49.7 Å². The minimum Gasteiger partial charge on any atom is -0.378 e. The van der Waals surface area contributed by atoms with Crippen LogP contribution < -0.4 is 11.1 Å². The Kier molecular flexibility index (Phi) is 5.32. The molecule has 1 aliphatic heterocycles. The van der Waals surface area contributed by atoms with Gasteiger partial charge in [-0.3, -0.25) is 9.69 Å². The number of benzene rings is 1. The van der Waals surface area contributed by atoms with Crippen LogP contribution in [0.2, 0.25) is 0 Å². The van der Waals surface area contributed by atoms with Gasteiger partial charge in [0.25, 0.3) is 0 Å². The highest BCUT2D eigenvalue weighted by Crippen LogP contribution is 2.05. The zero-order valence-corrected chi connectivity index (χ0v) is 11.0. The first-order valence-electron chi connectivity index (χ1n) is 6.62. The maximum atomic E-state index is 11.9. The van der Waals surface area contributed by atoms with Crippen molar-refractivity contribution in [3.8, 4) is 0 Å². The molecule has 1 fully saturated rings. The molecule has 1 unspecified atom stereocenters. The molecule has 0 saturated carbocycles. The highest BCUT2D eigenvalue weighted by molar-refractivity contribution is 5.78. The van der Waals surface area contributed by atoms with Crippen molar-refractivity contribution < 1.29 is 9.53 Å². The topological polar surface area (TPSA) is 67.6 Å². The summed E-state index contributed by atoms with van der Waals surface area (Å²) in [7, 11) is 0. The summed E-state index contributed by atoms with van der Waals surface area (Å²) < 4.78 is 5.36. The molecule has 0 aliphatic carbocycles. The predicted molar refractivity (Wildman–Crippen MR) is 73.5 cm³/mol. The van der Waals surface area contributed by atoms with Crippen molar-refractivity contribution in [2.45, 2.75) is 12.6 Å². The van der Waals surface area contributed by atoms with E-state index in [9.17, 15) is 4.79 Å². The Morgan fingerprint density at radius 3 is 2.95 bits per heavy atom. The quantitative estimate of drug-likeness (QED) is 0.782. The number of carbonyl (C=O) groups is 1. The summed E-state index contributed by atoms with van der Waals surface area (Å²) in [6.45, 7) is 3.52. The molecule has 0 aromatic heterocycles. The average Bonchev–Trinajstić information content (AvgIpc) is 2.47. The van der Waals surface area contributed by atoms with E-state index < -0.39 is 0 Å². The van der Waals surface area contributed by atoms with Crippen LogP contribution in [0.3, 0.4) is 0 Å². The third kappa shape index (κ3) is 4.31. The SMILES string of the molecule is NCC1COCCN1CC(=O)NCc1ccccc1. The molecule has 19 heavy (non-hydrogen) atoms. The minimum absolute atomic E-state index is 0.0317. The number of hydrogen-bond donors (Lipinski definition) is 2. The first-order chi connectivity index (χ1) is 9.29. The van der Waals surface area contributed by atoms with Crippen molar-refractivity contribution in [2.75, 3.05) is 32.8 Å². The maximum Gasteiger partial charge on any atom is 0.234 e. The molecule has 0 radical (unpaired) electrons. The normalized spacial score (nSPS) is 20.2. The molecule has 5 heteroatoms. The fourth-order valence-electron chi connectivity index (χ4n) is 2.15. The van der Waals surface area contributed by atoms with E-state index in [0.717, 1.165) is 12.1 Å². The molecule has 0 bridgehead atoms. The molecule has 1 aromatic rings. The van der Waals surface area contributed by atoms with E-state index in [-0.39, 0.29) is 11.9 Å². The van der Waals surface area contributed by atoms with Gasteiger partial charge in [-0.15, -0.1) is 0 Å². The Hall–Kier alpha value is -1.43. The van der Waals surface area contributed by atoms with Gasteiger partial charge in [-0.05, 0) is 5.56 Å². The van der Waals surface area contributed by atoms with Gasteiger partial charge in [0.2, 0.25) is 5.91 Å². The molecule has 1 heterocycles. The number of amides is 1. The van der Waals surface area contributed by atoms with Gasteiger partial charge in [0.1, 0.15) is 0 Å². The monoisotopic (exact) mass is 263 g/mol. The first-order valence-corrected chi connectivity index (χ1v) is 6.62. The van der Waals surface area contributed by atoms with Gasteiger partial charge >= 0.3 is 0 Å². The molecular formula is C14H21N3O2. The van der Waals surface area contributed by atoms with Gasteiger partial charge in [0.05, 0.1) is 19.8 Å². The zero-order chi connectivity index (χ0) is 13.5. The van der Waals surface area contributed by atoms with Crippen molar-refractivity contribution in [3.05, 3.63) is 35.9 Å². The number of carbonyl (C=O) groups excluding carboxylic acids is 1. The summed E-state index contributed by atoms with van der Waals surface area (Å²) in [5.41, 5.74) is 6.79. The average molecular weight is 263 g/mol. The van der Waals surface area contributed by atoms with Crippen LogP contribution in [0.25, 0.3) is 0 Å². The Morgan fingerprint density at radius 1 is 1.42 bits per heavy atom. The van der Waals surface area contributed by atoms with E-state index in [1.807, 2.05) is 30.3 Å². The number of hydrogen-bond acceptors (Lipinski definition) is 4. The number of nitrogens with two attached hydrogens (primary N) is 1. The highest BCUT2D eigenvalue weighted by atomic mass is 16.5. The second kappa shape index (κ2) is 7.23. The second-order valence-corrected chi connectivity index (χ2v) is 4.70. The van der Waals surface area contributed by atoms with Crippen molar-refractivity contribution in [2.24, 2.45) is 5.73 Å². The van der Waals surface area contributed by atoms with E-state index in [2.05, 4.69) is 10.2 Å². The standard InChI is InChI=1S/C14H21N3O2/c15-8-13-11-19-7-6-17(13)10-14(18)16-9-12-4-2-1-3-5-12/h1-5,13H,6-11,15H2,(H,16,18). The van der Waals surface area contributed by atoms with Crippen molar-refractivity contribution in [1.82, 2.24) is 10.2 Å². The lowest BCUT2D eigenvalue weighted by molar-refractivity contribution is -0.124. The van der Waals surface area contributed by atoms with E-state index in [1.54, 1.807) is 0 Å². The molecule has 3 N–H and O–H groups in total. The van der Waals surface area contributed by atoms with Gasteiger partial charge in [-0.25, -0.2) is 0 Å². The van der Waals surface area contributed by atoms with Crippen LogP contribution in [0, 0.1) is 0 Å². The van der Waals surface area contributed by atoms with Crippen molar-refractivity contribution >= 4 is 5.91 Å². The largest absolute Gasteiger partial charge is 0.378 e. The number of nitrogens with one attached hydrogen (secondary N) is 1. The Morgan fingerprint density at radius 2 is 2.21 bits per heavy atom. The van der Waals surface area contributed by atoms with Crippen molar-refractivity contribution in [3.63, 3.8) is 0 Å². The summed E-state index contributed by atoms with van der Waals surface area (Å²) in [5, 5.41) is 2.93. The Balaban J connectivity index is 1.77. The number of rotatable bonds is 5. The van der Waals surface area contributed by atoms with Crippen LogP contribution >= 0.6 is 0 Å². The van der Waals surface area contributed by atoms with Gasteiger partial charge in [0, 0.05) is 25.7 Å². The van der Waals surface area contributed by atoms with Crippen LogP contribution in [0.5, 0.6) is 0 Å². The lowest BCUT2D eigenvalue weighted by atomic mass is 10.2. The van der Waals surface area contributed by atoms with Crippen LogP contribution in [0.4, 0.5) is 0 Å². The summed E-state index contributed by atoms with van der Waals surface area (Å²) >= 11 is 0. The summed E-state index contributed by atoms with van der Waals surface area (Å²) in [6, 6.07) is 10.0. The van der Waals surface area contributed by atoms with Crippen LogP contribution in [0.1, 0.15) is 5.56 Å². The predicted octanol–water partition coefficient (Wildman–Crippen LogP) is -0.0377. The maximum absolute atomic E-state index is 11.9. The van der Waals surface area contributed by atoms with Crippen LogP contribution in [-0.2, 0) is 16.1 Å². The number of morpholine rings is 1. The summed E-state index contributed by atoms with van der Waals surface area (Å²) in [4.78, 5) is 14.0. The first kappa shape index (κ1) is 14.0. The molecule has 1 saturated heterocycles. The minimum atomic E-state index is 0.0317. The molecule has 104 valence electrons. The fourth-order valence-corrected chi connectivity index (χ4v) is 2.15. The highest BCUT2D eigenvalue weighted by Gasteiger charge is 2.23. The summed E-state index contributed by atoms with van der Waals surface area (Å²) in [6.07, 6.45) is 0. The Labute approximate surface area is 113 Å². The van der Waals surface area contributed by atoms with Gasteiger partial charge < -0.3 is 15.8 Å². The number of nitrogens with zero attached hydrogens (tertiary/aromatic N) is 1. The third-order valence-corrected chi connectivity index (χ3v) is 3.30. The summed E-state index contributed by atoms with van der Waals surface area (Å²) in [5.74, 6) is 0.0317. The molecular weight excluding hydrogens is 242 g/mol.